The largest absolute Gasteiger partial charge is 0.462 e. The van der Waals surface area contributed by atoms with Crippen LogP contribution >= 0.6 is 11.3 Å². The second-order valence-electron chi connectivity index (χ2n) is 9.25. The van der Waals surface area contributed by atoms with Gasteiger partial charge < -0.3 is 10.1 Å². The van der Waals surface area contributed by atoms with E-state index in [-0.39, 0.29) is 30.2 Å². The Morgan fingerprint density at radius 2 is 1.75 bits per heavy atom. The van der Waals surface area contributed by atoms with Crippen molar-refractivity contribution in [3.8, 4) is 0 Å². The molecule has 40 heavy (non-hydrogen) atoms. The Morgan fingerprint density at radius 3 is 2.38 bits per heavy atom. The van der Waals surface area contributed by atoms with Gasteiger partial charge in [-0.05, 0) is 48.7 Å². The van der Waals surface area contributed by atoms with Gasteiger partial charge in [0.25, 0.3) is 5.91 Å². The summed E-state index contributed by atoms with van der Waals surface area (Å²) in [6.07, 6.45) is 3.68. The van der Waals surface area contributed by atoms with E-state index in [4.69, 9.17) is 4.74 Å². The SMILES string of the molecule is C=CCN(CC=C)S(=O)(=O)c1ccc(C(=O)Nc2sc3c(c2C(=O)OCC)CCN(Cc2ccccc2)C3)cc1. The molecule has 1 N–H and O–H groups in total. The Morgan fingerprint density at radius 1 is 1.07 bits per heavy atom. The summed E-state index contributed by atoms with van der Waals surface area (Å²) < 4.78 is 32.6. The van der Waals surface area contributed by atoms with Crippen LogP contribution in [-0.2, 0) is 34.3 Å². The van der Waals surface area contributed by atoms with Crippen LogP contribution in [0.4, 0.5) is 5.00 Å². The third kappa shape index (κ3) is 6.59. The molecular weight excluding hydrogens is 546 g/mol. The summed E-state index contributed by atoms with van der Waals surface area (Å²) in [5, 5.41) is 3.32. The quantitative estimate of drug-likeness (QED) is 0.237. The van der Waals surface area contributed by atoms with Gasteiger partial charge in [0.15, 0.2) is 0 Å². The molecule has 4 rings (SSSR count). The lowest BCUT2D eigenvalue weighted by molar-refractivity contribution is 0.0526. The number of sulfonamides is 1. The highest BCUT2D eigenvalue weighted by Gasteiger charge is 2.30. The van der Waals surface area contributed by atoms with Crippen LogP contribution in [0.1, 0.15) is 43.6 Å². The summed E-state index contributed by atoms with van der Waals surface area (Å²) in [5.41, 5.74) is 2.79. The zero-order valence-corrected chi connectivity index (χ0v) is 24.1. The van der Waals surface area contributed by atoms with Crippen LogP contribution < -0.4 is 5.32 Å². The number of benzene rings is 2. The number of nitrogens with zero attached hydrogens (tertiary/aromatic N) is 2. The zero-order valence-electron chi connectivity index (χ0n) is 22.5. The molecule has 2 aromatic carbocycles. The molecule has 0 atom stereocenters. The Kier molecular flexibility index (Phi) is 9.70. The van der Waals surface area contributed by atoms with E-state index in [1.54, 1.807) is 6.92 Å². The highest BCUT2D eigenvalue weighted by atomic mass is 32.2. The van der Waals surface area contributed by atoms with Crippen molar-refractivity contribution in [3.05, 3.63) is 107 Å². The Labute approximate surface area is 239 Å². The highest BCUT2D eigenvalue weighted by Crippen LogP contribution is 2.38. The van der Waals surface area contributed by atoms with E-state index in [1.165, 1.54) is 57.6 Å². The fraction of sp³-hybridized carbons (Fsp3) is 0.267. The Balaban J connectivity index is 1.55. The minimum absolute atomic E-state index is 0.0602. The van der Waals surface area contributed by atoms with Crippen molar-refractivity contribution >= 4 is 38.2 Å². The number of carbonyl (C=O) groups is 2. The molecule has 0 aliphatic carbocycles. The van der Waals surface area contributed by atoms with Gasteiger partial charge in [-0.3, -0.25) is 9.69 Å². The molecule has 3 aromatic rings. The van der Waals surface area contributed by atoms with E-state index in [2.05, 4.69) is 35.5 Å². The molecule has 0 spiro atoms. The van der Waals surface area contributed by atoms with Gasteiger partial charge in [0.05, 0.1) is 17.1 Å². The van der Waals surface area contributed by atoms with Crippen molar-refractivity contribution in [2.45, 2.75) is 31.3 Å². The first-order valence-electron chi connectivity index (χ1n) is 13.0. The minimum Gasteiger partial charge on any atom is -0.462 e. The number of rotatable bonds is 12. The second-order valence-corrected chi connectivity index (χ2v) is 12.3. The van der Waals surface area contributed by atoms with Crippen LogP contribution in [-0.4, -0.2) is 55.7 Å². The Bertz CT molecular complexity index is 1470. The monoisotopic (exact) mass is 579 g/mol. The number of esters is 1. The van der Waals surface area contributed by atoms with Crippen LogP contribution in [0, 0.1) is 0 Å². The van der Waals surface area contributed by atoms with Crippen molar-refractivity contribution in [2.24, 2.45) is 0 Å². The topological polar surface area (TPSA) is 96.0 Å². The molecule has 8 nitrogen and oxygen atoms in total. The molecule has 1 aliphatic rings. The predicted molar refractivity (Wildman–Crippen MR) is 158 cm³/mol. The molecule has 0 saturated carbocycles. The summed E-state index contributed by atoms with van der Waals surface area (Å²) in [6, 6.07) is 15.9. The molecule has 0 fully saturated rings. The predicted octanol–water partition coefficient (Wildman–Crippen LogP) is 5.10. The lowest BCUT2D eigenvalue weighted by atomic mass is 10.0. The van der Waals surface area contributed by atoms with E-state index in [0.29, 0.717) is 23.5 Å². The van der Waals surface area contributed by atoms with Crippen LogP contribution in [0.3, 0.4) is 0 Å². The van der Waals surface area contributed by atoms with Crippen molar-refractivity contribution in [1.29, 1.82) is 0 Å². The maximum atomic E-state index is 13.2. The summed E-state index contributed by atoms with van der Waals surface area (Å²) in [6.45, 7) is 11.7. The highest BCUT2D eigenvalue weighted by molar-refractivity contribution is 7.89. The molecule has 1 amide bonds. The summed E-state index contributed by atoms with van der Waals surface area (Å²) in [5.74, 6) is -0.902. The normalized spacial score (nSPS) is 13.4. The van der Waals surface area contributed by atoms with Crippen molar-refractivity contribution in [3.63, 3.8) is 0 Å². The maximum absolute atomic E-state index is 13.2. The first-order valence-corrected chi connectivity index (χ1v) is 15.2. The molecule has 10 heteroatoms. The summed E-state index contributed by atoms with van der Waals surface area (Å²) in [4.78, 5) is 29.6. The van der Waals surface area contributed by atoms with Gasteiger partial charge in [-0.1, -0.05) is 42.5 Å². The van der Waals surface area contributed by atoms with Gasteiger partial charge in [-0.2, -0.15) is 4.31 Å². The van der Waals surface area contributed by atoms with Crippen molar-refractivity contribution in [1.82, 2.24) is 9.21 Å². The number of carbonyl (C=O) groups excluding carboxylic acids is 2. The van der Waals surface area contributed by atoms with Crippen LogP contribution in [0.5, 0.6) is 0 Å². The number of ether oxygens (including phenoxy) is 1. The lowest BCUT2D eigenvalue weighted by Gasteiger charge is -2.27. The van der Waals surface area contributed by atoms with Gasteiger partial charge in [-0.25, -0.2) is 13.2 Å². The van der Waals surface area contributed by atoms with Gasteiger partial charge in [0, 0.05) is 43.2 Å². The number of amides is 1. The van der Waals surface area contributed by atoms with E-state index in [9.17, 15) is 18.0 Å². The van der Waals surface area contributed by atoms with Gasteiger partial charge in [0.1, 0.15) is 5.00 Å². The fourth-order valence-electron chi connectivity index (χ4n) is 4.60. The third-order valence-electron chi connectivity index (χ3n) is 6.51. The van der Waals surface area contributed by atoms with Crippen molar-refractivity contribution < 1.29 is 22.7 Å². The van der Waals surface area contributed by atoms with Crippen LogP contribution in [0.15, 0.2) is 84.8 Å². The molecule has 210 valence electrons. The molecule has 0 radical (unpaired) electrons. The summed E-state index contributed by atoms with van der Waals surface area (Å²) in [7, 11) is -3.79. The molecule has 0 unspecified atom stereocenters. The van der Waals surface area contributed by atoms with E-state index in [0.717, 1.165) is 23.5 Å². The molecular formula is C30H33N3O5S2. The average Bonchev–Trinajstić information content (AvgIpc) is 3.30. The van der Waals surface area contributed by atoms with E-state index >= 15 is 0 Å². The van der Waals surface area contributed by atoms with Crippen molar-refractivity contribution in [2.75, 3.05) is 31.6 Å². The molecule has 0 bridgehead atoms. The maximum Gasteiger partial charge on any atom is 0.341 e. The average molecular weight is 580 g/mol. The smallest absolute Gasteiger partial charge is 0.341 e. The van der Waals surface area contributed by atoms with Gasteiger partial charge in [0.2, 0.25) is 10.0 Å². The molecule has 2 heterocycles. The van der Waals surface area contributed by atoms with E-state index in [1.807, 2.05) is 18.2 Å². The number of nitrogens with one attached hydrogen (secondary N) is 1. The first kappa shape index (κ1) is 29.4. The van der Waals surface area contributed by atoms with E-state index < -0.39 is 21.9 Å². The number of hydrogen-bond donors (Lipinski definition) is 1. The van der Waals surface area contributed by atoms with Crippen LogP contribution in [0.2, 0.25) is 0 Å². The molecule has 1 aliphatic heterocycles. The number of thiophene rings is 1. The fourth-order valence-corrected chi connectivity index (χ4v) is 7.26. The minimum atomic E-state index is -3.79. The molecule has 0 saturated heterocycles. The Hall–Kier alpha value is -3.57. The van der Waals surface area contributed by atoms with Gasteiger partial charge in [-0.15, -0.1) is 24.5 Å². The number of fused-ring (bicyclic) bond motifs is 1. The van der Waals surface area contributed by atoms with Crippen LogP contribution in [0.25, 0.3) is 0 Å². The number of hydrogen-bond acceptors (Lipinski definition) is 7. The van der Waals surface area contributed by atoms with Gasteiger partial charge >= 0.3 is 5.97 Å². The lowest BCUT2D eigenvalue weighted by Crippen LogP contribution is -2.31. The summed E-state index contributed by atoms with van der Waals surface area (Å²) >= 11 is 1.38. The third-order valence-corrected chi connectivity index (χ3v) is 9.49. The first-order chi connectivity index (χ1) is 19.3. The second kappa shape index (κ2) is 13.2. The standard InChI is InChI=1S/C30H33N3O5S2/c1-4-17-33(18-5-2)40(36,37)24-14-12-23(13-15-24)28(34)31-29-27(30(35)38-6-3)25-16-19-32(21-26(25)39-29)20-22-10-8-7-9-11-22/h4-5,7-15H,1-2,6,16-21H2,3H3,(H,31,34). The zero-order chi connectivity index (χ0) is 28.7. The number of anilines is 1. The molecule has 1 aromatic heterocycles.